The first-order valence-electron chi connectivity index (χ1n) is 5.67. The summed E-state index contributed by atoms with van der Waals surface area (Å²) >= 11 is 6.05. The molecule has 3 nitrogen and oxygen atoms in total. The maximum absolute atomic E-state index is 12.0. The third-order valence-electron chi connectivity index (χ3n) is 2.74. The van der Waals surface area contributed by atoms with E-state index in [1.165, 1.54) is 0 Å². The van der Waals surface area contributed by atoms with Crippen LogP contribution in [0.15, 0.2) is 24.3 Å². The van der Waals surface area contributed by atoms with Gasteiger partial charge in [0.2, 0.25) is 5.91 Å². The van der Waals surface area contributed by atoms with Crippen molar-refractivity contribution in [3.8, 4) is 0 Å². The molecule has 1 aromatic rings. The zero-order valence-corrected chi connectivity index (χ0v) is 11.2. The van der Waals surface area contributed by atoms with E-state index in [-0.39, 0.29) is 11.8 Å². The summed E-state index contributed by atoms with van der Waals surface area (Å²) in [6.07, 6.45) is 0. The van der Waals surface area contributed by atoms with Crippen LogP contribution < -0.4 is 5.73 Å². The highest BCUT2D eigenvalue weighted by Gasteiger charge is 2.21. The van der Waals surface area contributed by atoms with E-state index < -0.39 is 6.04 Å². The molecular formula is C13H19ClN2O. The second-order valence-electron chi connectivity index (χ2n) is 4.56. The Bertz CT molecular complexity index is 393. The van der Waals surface area contributed by atoms with Crippen LogP contribution in [0.3, 0.4) is 0 Å². The van der Waals surface area contributed by atoms with Gasteiger partial charge in [-0.1, -0.05) is 43.6 Å². The van der Waals surface area contributed by atoms with E-state index in [2.05, 4.69) is 0 Å². The average Bonchev–Trinajstić information content (AvgIpc) is 2.30. The van der Waals surface area contributed by atoms with Crippen LogP contribution in [0.5, 0.6) is 0 Å². The Balaban J connectivity index is 2.70. The molecule has 0 aromatic heterocycles. The van der Waals surface area contributed by atoms with Crippen molar-refractivity contribution in [1.82, 2.24) is 4.90 Å². The van der Waals surface area contributed by atoms with E-state index in [0.717, 1.165) is 5.56 Å². The normalized spacial score (nSPS) is 12.6. The monoisotopic (exact) mass is 254 g/mol. The molecule has 0 radical (unpaired) electrons. The Morgan fingerprint density at radius 1 is 1.41 bits per heavy atom. The molecule has 17 heavy (non-hydrogen) atoms. The molecule has 4 heteroatoms. The lowest BCUT2D eigenvalue weighted by molar-refractivity contribution is -0.132. The number of nitrogens with two attached hydrogens (primary N) is 1. The van der Waals surface area contributed by atoms with Crippen molar-refractivity contribution in [2.24, 2.45) is 11.7 Å². The summed E-state index contributed by atoms with van der Waals surface area (Å²) in [5, 5.41) is 0.672. The van der Waals surface area contributed by atoms with Crippen molar-refractivity contribution in [1.29, 1.82) is 0 Å². The molecule has 1 aromatic carbocycles. The topological polar surface area (TPSA) is 46.3 Å². The quantitative estimate of drug-likeness (QED) is 0.896. The third kappa shape index (κ3) is 3.72. The summed E-state index contributed by atoms with van der Waals surface area (Å²) in [5.41, 5.74) is 6.76. The molecule has 0 spiro atoms. The van der Waals surface area contributed by atoms with Gasteiger partial charge in [0.1, 0.15) is 0 Å². The second kappa shape index (κ2) is 6.03. The van der Waals surface area contributed by atoms with E-state index >= 15 is 0 Å². The fourth-order valence-corrected chi connectivity index (χ4v) is 1.70. The van der Waals surface area contributed by atoms with Crippen LogP contribution in [-0.4, -0.2) is 23.9 Å². The Kier molecular flexibility index (Phi) is 4.97. The number of hydrogen-bond acceptors (Lipinski definition) is 2. The average molecular weight is 255 g/mol. The van der Waals surface area contributed by atoms with Crippen LogP contribution in [0, 0.1) is 5.92 Å². The van der Waals surface area contributed by atoms with Crippen LogP contribution in [0.25, 0.3) is 0 Å². The molecule has 0 bridgehead atoms. The zero-order valence-electron chi connectivity index (χ0n) is 10.5. The summed E-state index contributed by atoms with van der Waals surface area (Å²) in [6, 6.07) is 7.04. The number of likely N-dealkylation sites (N-methyl/N-ethyl adjacent to an activating group) is 1. The lowest BCUT2D eigenvalue weighted by Gasteiger charge is -2.23. The number of carbonyl (C=O) groups excluding carboxylic acids is 1. The number of amides is 1. The lowest BCUT2D eigenvalue weighted by atomic mass is 10.0. The lowest BCUT2D eigenvalue weighted by Crippen LogP contribution is -2.44. The van der Waals surface area contributed by atoms with Crippen LogP contribution >= 0.6 is 11.6 Å². The Hall–Kier alpha value is -1.06. The maximum atomic E-state index is 12.0. The second-order valence-corrected chi connectivity index (χ2v) is 4.96. The summed E-state index contributed by atoms with van der Waals surface area (Å²) in [4.78, 5) is 13.6. The number of rotatable bonds is 4. The molecule has 0 saturated carbocycles. The molecule has 0 fully saturated rings. The van der Waals surface area contributed by atoms with Gasteiger partial charge in [0.05, 0.1) is 6.04 Å². The first kappa shape index (κ1) is 14.0. The molecule has 0 aliphatic carbocycles. The summed E-state index contributed by atoms with van der Waals surface area (Å²) < 4.78 is 0. The Labute approximate surface area is 108 Å². The fraction of sp³-hybridized carbons (Fsp3) is 0.462. The van der Waals surface area contributed by atoms with E-state index in [0.29, 0.717) is 11.6 Å². The standard InChI is InChI=1S/C13H19ClN2O/c1-9(2)12(15)13(17)16(3)8-10-6-4-5-7-11(10)14/h4-7,9,12H,8,15H2,1-3H3/t12-/m0/s1. The number of halogens is 1. The van der Waals surface area contributed by atoms with E-state index in [9.17, 15) is 4.79 Å². The number of hydrogen-bond donors (Lipinski definition) is 1. The molecule has 94 valence electrons. The van der Waals surface area contributed by atoms with Gasteiger partial charge in [0, 0.05) is 18.6 Å². The third-order valence-corrected chi connectivity index (χ3v) is 3.11. The predicted molar refractivity (Wildman–Crippen MR) is 70.7 cm³/mol. The van der Waals surface area contributed by atoms with Gasteiger partial charge < -0.3 is 10.6 Å². The van der Waals surface area contributed by atoms with Crippen LogP contribution in [0.1, 0.15) is 19.4 Å². The maximum Gasteiger partial charge on any atom is 0.239 e. The summed E-state index contributed by atoms with van der Waals surface area (Å²) in [6.45, 7) is 4.36. The molecule has 0 aliphatic rings. The van der Waals surface area contributed by atoms with Crippen molar-refractivity contribution in [3.63, 3.8) is 0 Å². The predicted octanol–water partition coefficient (Wildman–Crippen LogP) is 2.28. The minimum Gasteiger partial charge on any atom is -0.340 e. The number of benzene rings is 1. The molecular weight excluding hydrogens is 236 g/mol. The minimum atomic E-state index is -0.456. The molecule has 0 heterocycles. The number of carbonyl (C=O) groups is 1. The molecule has 1 rings (SSSR count). The van der Waals surface area contributed by atoms with Crippen LogP contribution in [-0.2, 0) is 11.3 Å². The molecule has 1 amide bonds. The molecule has 1 atom stereocenters. The number of nitrogens with zero attached hydrogens (tertiary/aromatic N) is 1. The highest BCUT2D eigenvalue weighted by Crippen LogP contribution is 2.17. The van der Waals surface area contributed by atoms with Gasteiger partial charge >= 0.3 is 0 Å². The highest BCUT2D eigenvalue weighted by molar-refractivity contribution is 6.31. The van der Waals surface area contributed by atoms with Crippen molar-refractivity contribution in [2.75, 3.05) is 7.05 Å². The molecule has 2 N–H and O–H groups in total. The molecule has 0 saturated heterocycles. The first-order valence-corrected chi connectivity index (χ1v) is 6.05. The van der Waals surface area contributed by atoms with E-state index in [1.54, 1.807) is 11.9 Å². The van der Waals surface area contributed by atoms with Crippen molar-refractivity contribution < 1.29 is 4.79 Å². The van der Waals surface area contributed by atoms with Gasteiger partial charge in [-0.2, -0.15) is 0 Å². The van der Waals surface area contributed by atoms with Crippen molar-refractivity contribution in [3.05, 3.63) is 34.9 Å². The van der Waals surface area contributed by atoms with Gasteiger partial charge in [0.15, 0.2) is 0 Å². The smallest absolute Gasteiger partial charge is 0.239 e. The van der Waals surface area contributed by atoms with Crippen molar-refractivity contribution >= 4 is 17.5 Å². The zero-order chi connectivity index (χ0) is 13.0. The summed E-state index contributed by atoms with van der Waals surface area (Å²) in [7, 11) is 1.74. The largest absolute Gasteiger partial charge is 0.340 e. The SMILES string of the molecule is CC(C)[C@H](N)C(=O)N(C)Cc1ccccc1Cl. The van der Waals surface area contributed by atoms with E-state index in [4.69, 9.17) is 17.3 Å². The van der Waals surface area contributed by atoms with Crippen LogP contribution in [0.2, 0.25) is 5.02 Å². The van der Waals surface area contributed by atoms with Gasteiger partial charge in [-0.3, -0.25) is 4.79 Å². The van der Waals surface area contributed by atoms with E-state index in [1.807, 2.05) is 38.1 Å². The molecule has 0 aliphatic heterocycles. The fourth-order valence-electron chi connectivity index (χ4n) is 1.50. The van der Waals surface area contributed by atoms with Gasteiger partial charge in [-0.15, -0.1) is 0 Å². The van der Waals surface area contributed by atoms with Gasteiger partial charge in [-0.05, 0) is 17.5 Å². The van der Waals surface area contributed by atoms with Gasteiger partial charge in [-0.25, -0.2) is 0 Å². The summed E-state index contributed by atoms with van der Waals surface area (Å²) in [5.74, 6) is 0.0797. The Morgan fingerprint density at radius 3 is 2.53 bits per heavy atom. The van der Waals surface area contributed by atoms with Gasteiger partial charge in [0.25, 0.3) is 0 Å². The first-order chi connectivity index (χ1) is 7.93. The highest BCUT2D eigenvalue weighted by atomic mass is 35.5. The molecule has 0 unspecified atom stereocenters. The minimum absolute atomic E-state index is 0.0556. The Morgan fingerprint density at radius 2 is 2.00 bits per heavy atom. The van der Waals surface area contributed by atoms with Crippen LogP contribution in [0.4, 0.5) is 0 Å². The van der Waals surface area contributed by atoms with Crippen molar-refractivity contribution in [2.45, 2.75) is 26.4 Å².